The molecular formula is C19H22BNO4. The molecule has 130 valence electrons. The lowest BCUT2D eigenvalue weighted by molar-refractivity contribution is 0.00578. The van der Waals surface area contributed by atoms with Crippen molar-refractivity contribution in [1.29, 1.82) is 0 Å². The van der Waals surface area contributed by atoms with Crippen molar-refractivity contribution in [3.63, 3.8) is 0 Å². The van der Waals surface area contributed by atoms with E-state index in [1.807, 2.05) is 52.0 Å². The van der Waals surface area contributed by atoms with Crippen LogP contribution in [0.2, 0.25) is 0 Å². The number of benzene rings is 1. The predicted octanol–water partition coefficient (Wildman–Crippen LogP) is 2.01. The fourth-order valence-corrected chi connectivity index (χ4v) is 3.26. The standard InChI is InChI=1S/C19H22BNO4/c1-17(2)18(3,4)25-20(24-17)14-7-5-6-13(10-14)19(22)12-23-16-11-21-9-8-15(16)19/h5-11,22H,12H2,1-4H3/t19-/m1/s1. The Morgan fingerprint density at radius 1 is 1.08 bits per heavy atom. The largest absolute Gasteiger partial charge is 0.494 e. The van der Waals surface area contributed by atoms with Crippen molar-refractivity contribution in [3.8, 4) is 5.75 Å². The first kappa shape index (κ1) is 16.6. The maximum atomic E-state index is 11.3. The van der Waals surface area contributed by atoms with Gasteiger partial charge in [0.1, 0.15) is 12.4 Å². The molecule has 1 fully saturated rings. The van der Waals surface area contributed by atoms with Gasteiger partial charge in [0.05, 0.1) is 17.4 Å². The van der Waals surface area contributed by atoms with Crippen molar-refractivity contribution >= 4 is 12.6 Å². The van der Waals surface area contributed by atoms with Crippen molar-refractivity contribution in [3.05, 3.63) is 53.9 Å². The highest BCUT2D eigenvalue weighted by molar-refractivity contribution is 6.62. The molecule has 5 nitrogen and oxygen atoms in total. The van der Waals surface area contributed by atoms with Crippen LogP contribution in [0.1, 0.15) is 38.8 Å². The highest BCUT2D eigenvalue weighted by atomic mass is 16.7. The Hall–Kier alpha value is -1.89. The van der Waals surface area contributed by atoms with E-state index in [0.29, 0.717) is 5.75 Å². The average Bonchev–Trinajstić information content (AvgIpc) is 3.03. The second-order valence-electron chi connectivity index (χ2n) is 7.73. The van der Waals surface area contributed by atoms with Crippen LogP contribution in [0.25, 0.3) is 0 Å². The third-order valence-corrected chi connectivity index (χ3v) is 5.56. The number of aromatic nitrogens is 1. The van der Waals surface area contributed by atoms with E-state index >= 15 is 0 Å². The smallest absolute Gasteiger partial charge is 0.488 e. The zero-order chi connectivity index (χ0) is 17.9. The molecule has 1 saturated heterocycles. The summed E-state index contributed by atoms with van der Waals surface area (Å²) in [5.41, 5.74) is 0.363. The lowest BCUT2D eigenvalue weighted by Crippen LogP contribution is -2.41. The molecular weight excluding hydrogens is 317 g/mol. The molecule has 3 heterocycles. The molecule has 0 spiro atoms. The number of hydrogen-bond donors (Lipinski definition) is 1. The maximum Gasteiger partial charge on any atom is 0.494 e. The van der Waals surface area contributed by atoms with E-state index < -0.39 is 23.9 Å². The zero-order valence-corrected chi connectivity index (χ0v) is 14.9. The van der Waals surface area contributed by atoms with Gasteiger partial charge in [-0.15, -0.1) is 0 Å². The van der Waals surface area contributed by atoms with Crippen molar-refractivity contribution in [1.82, 2.24) is 4.98 Å². The summed E-state index contributed by atoms with van der Waals surface area (Å²) in [6.45, 7) is 8.27. The second kappa shape index (κ2) is 5.30. The van der Waals surface area contributed by atoms with Crippen LogP contribution in [0.5, 0.6) is 5.75 Å². The van der Waals surface area contributed by atoms with Crippen LogP contribution in [-0.2, 0) is 14.9 Å². The third kappa shape index (κ3) is 2.48. The number of aliphatic hydroxyl groups is 1. The first-order valence-corrected chi connectivity index (χ1v) is 8.49. The van der Waals surface area contributed by atoms with E-state index in [1.54, 1.807) is 18.5 Å². The van der Waals surface area contributed by atoms with Gasteiger partial charge < -0.3 is 19.2 Å². The van der Waals surface area contributed by atoms with Crippen molar-refractivity contribution < 1.29 is 19.2 Å². The Balaban J connectivity index is 1.70. The van der Waals surface area contributed by atoms with Gasteiger partial charge in [0.25, 0.3) is 0 Å². The molecule has 4 rings (SSSR count). The summed E-state index contributed by atoms with van der Waals surface area (Å²) in [7, 11) is -0.465. The molecule has 25 heavy (non-hydrogen) atoms. The minimum Gasteiger partial charge on any atom is -0.488 e. The highest BCUT2D eigenvalue weighted by Crippen LogP contribution is 2.41. The molecule has 1 atom stereocenters. The van der Waals surface area contributed by atoms with Gasteiger partial charge in [-0.2, -0.15) is 0 Å². The summed E-state index contributed by atoms with van der Waals surface area (Å²) in [4.78, 5) is 4.05. The number of pyridine rings is 1. The minimum atomic E-state index is -1.20. The molecule has 6 heteroatoms. The molecule has 0 amide bonds. The molecule has 1 aromatic heterocycles. The van der Waals surface area contributed by atoms with Gasteiger partial charge in [0.15, 0.2) is 5.60 Å². The van der Waals surface area contributed by atoms with Crippen LogP contribution in [0.3, 0.4) is 0 Å². The Morgan fingerprint density at radius 3 is 2.52 bits per heavy atom. The Bertz CT molecular complexity index is 807. The van der Waals surface area contributed by atoms with E-state index in [9.17, 15) is 5.11 Å². The molecule has 1 N–H and O–H groups in total. The topological polar surface area (TPSA) is 60.8 Å². The molecule has 2 aliphatic heterocycles. The van der Waals surface area contributed by atoms with Gasteiger partial charge in [-0.1, -0.05) is 24.3 Å². The molecule has 0 aliphatic carbocycles. The first-order valence-electron chi connectivity index (χ1n) is 8.49. The van der Waals surface area contributed by atoms with Crippen molar-refractivity contribution in [2.75, 3.05) is 6.61 Å². The van der Waals surface area contributed by atoms with E-state index in [-0.39, 0.29) is 6.61 Å². The average molecular weight is 339 g/mol. The number of rotatable bonds is 2. The summed E-state index contributed by atoms with van der Waals surface area (Å²) in [6, 6.07) is 9.49. The summed E-state index contributed by atoms with van der Waals surface area (Å²) in [5.74, 6) is 0.617. The molecule has 0 unspecified atom stereocenters. The van der Waals surface area contributed by atoms with Gasteiger partial charge in [-0.25, -0.2) is 0 Å². The molecule has 2 aliphatic rings. The van der Waals surface area contributed by atoms with E-state index in [1.165, 1.54) is 0 Å². The monoisotopic (exact) mass is 339 g/mol. The van der Waals surface area contributed by atoms with E-state index in [4.69, 9.17) is 14.0 Å². The SMILES string of the molecule is CC1(C)OB(c2cccc([C@]3(O)COc4cnccc43)c2)OC1(C)C. The summed E-state index contributed by atoms with van der Waals surface area (Å²) in [6.07, 6.45) is 3.29. The summed E-state index contributed by atoms with van der Waals surface area (Å²) >= 11 is 0. The van der Waals surface area contributed by atoms with Crippen LogP contribution in [0.15, 0.2) is 42.7 Å². The molecule has 1 aromatic carbocycles. The van der Waals surface area contributed by atoms with Gasteiger partial charge in [-0.05, 0) is 44.8 Å². The number of nitrogens with zero attached hydrogens (tertiary/aromatic N) is 1. The fourth-order valence-electron chi connectivity index (χ4n) is 3.26. The van der Waals surface area contributed by atoms with Gasteiger partial charge in [0.2, 0.25) is 0 Å². The zero-order valence-electron chi connectivity index (χ0n) is 14.9. The summed E-state index contributed by atoms with van der Waals surface area (Å²) in [5, 5.41) is 11.3. The lowest BCUT2D eigenvalue weighted by Gasteiger charge is -2.32. The fraction of sp³-hybridized carbons (Fsp3) is 0.421. The van der Waals surface area contributed by atoms with Crippen LogP contribution in [0, 0.1) is 0 Å². The summed E-state index contributed by atoms with van der Waals surface area (Å²) < 4.78 is 17.9. The van der Waals surface area contributed by atoms with Crippen LogP contribution >= 0.6 is 0 Å². The lowest BCUT2D eigenvalue weighted by atomic mass is 9.76. The van der Waals surface area contributed by atoms with Crippen LogP contribution in [0.4, 0.5) is 0 Å². The third-order valence-electron chi connectivity index (χ3n) is 5.56. The van der Waals surface area contributed by atoms with Gasteiger partial charge >= 0.3 is 7.12 Å². The Kier molecular flexibility index (Phi) is 3.52. The maximum absolute atomic E-state index is 11.3. The Labute approximate surface area is 148 Å². The quantitative estimate of drug-likeness (QED) is 0.848. The number of hydrogen-bond acceptors (Lipinski definition) is 5. The number of fused-ring (bicyclic) bond motifs is 1. The molecule has 0 saturated carbocycles. The predicted molar refractivity (Wildman–Crippen MR) is 94.9 cm³/mol. The van der Waals surface area contributed by atoms with Crippen molar-refractivity contribution in [2.45, 2.75) is 44.5 Å². The second-order valence-corrected chi connectivity index (χ2v) is 7.73. The van der Waals surface area contributed by atoms with Crippen LogP contribution < -0.4 is 10.2 Å². The first-order chi connectivity index (χ1) is 11.7. The van der Waals surface area contributed by atoms with Crippen LogP contribution in [-0.4, -0.2) is 35.0 Å². The highest BCUT2D eigenvalue weighted by Gasteiger charge is 2.52. The molecule has 0 bridgehead atoms. The number of ether oxygens (including phenoxy) is 1. The Morgan fingerprint density at radius 2 is 1.80 bits per heavy atom. The minimum absolute atomic E-state index is 0.168. The molecule has 2 aromatic rings. The van der Waals surface area contributed by atoms with Gasteiger partial charge in [0, 0.05) is 11.8 Å². The van der Waals surface area contributed by atoms with E-state index in [0.717, 1.165) is 16.6 Å². The van der Waals surface area contributed by atoms with Crippen molar-refractivity contribution in [2.24, 2.45) is 0 Å². The normalized spacial score (nSPS) is 26.4. The van der Waals surface area contributed by atoms with E-state index in [2.05, 4.69) is 4.98 Å². The molecule has 0 radical (unpaired) electrons. The van der Waals surface area contributed by atoms with Gasteiger partial charge in [-0.3, -0.25) is 4.98 Å².